The van der Waals surface area contributed by atoms with Gasteiger partial charge in [0.05, 0.1) is 13.2 Å². The van der Waals surface area contributed by atoms with Crippen molar-refractivity contribution in [3.05, 3.63) is 0 Å². The van der Waals surface area contributed by atoms with E-state index in [-0.39, 0.29) is 6.29 Å². The summed E-state index contributed by atoms with van der Waals surface area (Å²) < 4.78 is 44.5. The normalized spacial score (nSPS) is 33.9. The highest BCUT2D eigenvalue weighted by Crippen LogP contribution is 2.25. The van der Waals surface area contributed by atoms with Crippen LogP contribution in [0.15, 0.2) is 0 Å². The van der Waals surface area contributed by atoms with Crippen LogP contribution in [0.3, 0.4) is 0 Å². The Hall–Kier alpha value is -0.820. The van der Waals surface area contributed by atoms with Crippen LogP contribution in [-0.4, -0.2) is 123 Å². The van der Waals surface area contributed by atoms with Crippen molar-refractivity contribution < 1.29 is 67.2 Å². The number of aliphatic hydroxyl groups excluding tert-OH is 7. The van der Waals surface area contributed by atoms with Gasteiger partial charge in [0.2, 0.25) is 0 Å². The van der Waals surface area contributed by atoms with Crippen LogP contribution in [0.2, 0.25) is 0 Å². The summed E-state index contributed by atoms with van der Waals surface area (Å²) in [4.78, 5) is 11.1. The molecule has 1 aliphatic rings. The van der Waals surface area contributed by atoms with Crippen LogP contribution in [0.5, 0.6) is 0 Å². The Morgan fingerprint density at radius 1 is 1.07 bits per heavy atom. The molecule has 0 bridgehead atoms. The molecule has 1 heterocycles. The SMILES string of the molecule is O=C[C@H](OS(=O)(=O)O)[C@@H](O[C@@H]1O[C@H](CO)[C@@H](O)[C@H](O)[C@H]1O)[C@H](O)[C@H](O)CO. The van der Waals surface area contributed by atoms with E-state index in [1.807, 2.05) is 0 Å². The molecule has 1 saturated heterocycles. The summed E-state index contributed by atoms with van der Waals surface area (Å²) in [7, 11) is -5.23. The van der Waals surface area contributed by atoms with E-state index in [9.17, 15) is 38.7 Å². The van der Waals surface area contributed by atoms with Crippen molar-refractivity contribution in [2.45, 2.75) is 55.1 Å². The van der Waals surface area contributed by atoms with Gasteiger partial charge in [-0.05, 0) is 0 Å². The lowest BCUT2D eigenvalue weighted by atomic mass is 9.98. The summed E-state index contributed by atoms with van der Waals surface area (Å²) in [6, 6.07) is 0. The first-order valence-electron chi connectivity index (χ1n) is 7.50. The highest BCUT2D eigenvalue weighted by molar-refractivity contribution is 7.80. The molecule has 0 amide bonds. The Balaban J connectivity index is 3.13. The monoisotopic (exact) mass is 422 g/mol. The number of rotatable bonds is 10. The zero-order valence-corrected chi connectivity index (χ0v) is 14.4. The largest absolute Gasteiger partial charge is 0.398 e. The van der Waals surface area contributed by atoms with Gasteiger partial charge >= 0.3 is 10.4 Å². The van der Waals surface area contributed by atoms with Crippen molar-refractivity contribution >= 4 is 16.7 Å². The second-order valence-corrected chi connectivity index (χ2v) is 6.71. The second-order valence-electron chi connectivity index (χ2n) is 5.66. The molecule has 0 aromatic heterocycles. The van der Waals surface area contributed by atoms with Crippen LogP contribution < -0.4 is 0 Å². The molecule has 0 aromatic rings. The number of aliphatic hydroxyl groups is 7. The lowest BCUT2D eigenvalue weighted by molar-refractivity contribution is -0.323. The van der Waals surface area contributed by atoms with Gasteiger partial charge in [0.25, 0.3) is 0 Å². The smallest absolute Gasteiger partial charge is 0.394 e. The summed E-state index contributed by atoms with van der Waals surface area (Å²) in [5.41, 5.74) is 0. The third kappa shape index (κ3) is 6.34. The number of hydrogen-bond donors (Lipinski definition) is 8. The second kappa shape index (κ2) is 10.1. The standard InChI is InChI=1S/C12H22O14S/c13-1-4(16)7(17)11(6(3-15)26-27(21,22)23)25-12-10(20)9(19)8(18)5(2-14)24-12/h3-14,16-20H,1-2H2,(H,21,22,23)/t4-,5-,6+,7-,8-,9+,10-,11-,12+/m1/s1. The highest BCUT2D eigenvalue weighted by Gasteiger charge is 2.47. The predicted octanol–water partition coefficient (Wildman–Crippen LogP) is -5.73. The average molecular weight is 422 g/mol. The molecule has 14 nitrogen and oxygen atoms in total. The number of carbonyl (C=O) groups is 1. The van der Waals surface area contributed by atoms with Gasteiger partial charge in [-0.3, -0.25) is 4.55 Å². The van der Waals surface area contributed by atoms with E-state index in [2.05, 4.69) is 4.18 Å². The summed E-state index contributed by atoms with van der Waals surface area (Å²) in [5, 5.41) is 66.8. The molecule has 0 aliphatic carbocycles. The Morgan fingerprint density at radius 3 is 2.11 bits per heavy atom. The van der Waals surface area contributed by atoms with Crippen molar-refractivity contribution in [2.24, 2.45) is 0 Å². The number of aldehydes is 1. The van der Waals surface area contributed by atoms with Crippen LogP contribution in [0.1, 0.15) is 0 Å². The fourth-order valence-corrected chi connectivity index (χ4v) is 2.74. The summed E-state index contributed by atoms with van der Waals surface area (Å²) >= 11 is 0. The van der Waals surface area contributed by atoms with E-state index in [1.165, 1.54) is 0 Å². The lowest BCUT2D eigenvalue weighted by Gasteiger charge is -2.42. The molecule has 0 unspecified atom stereocenters. The number of ether oxygens (including phenoxy) is 2. The van der Waals surface area contributed by atoms with E-state index in [1.54, 1.807) is 0 Å². The van der Waals surface area contributed by atoms with E-state index in [0.29, 0.717) is 0 Å². The Labute approximate surface area is 153 Å². The fourth-order valence-electron chi connectivity index (χ4n) is 2.31. The van der Waals surface area contributed by atoms with Gasteiger partial charge in [0.15, 0.2) is 18.7 Å². The molecule has 27 heavy (non-hydrogen) atoms. The van der Waals surface area contributed by atoms with Gasteiger partial charge in [0, 0.05) is 0 Å². The average Bonchev–Trinajstić information content (AvgIpc) is 2.62. The van der Waals surface area contributed by atoms with Crippen LogP contribution in [0.25, 0.3) is 0 Å². The molecule has 1 rings (SSSR count). The van der Waals surface area contributed by atoms with E-state index >= 15 is 0 Å². The van der Waals surface area contributed by atoms with Crippen molar-refractivity contribution in [2.75, 3.05) is 13.2 Å². The van der Waals surface area contributed by atoms with Crippen molar-refractivity contribution in [1.82, 2.24) is 0 Å². The van der Waals surface area contributed by atoms with Crippen LogP contribution in [0, 0.1) is 0 Å². The molecule has 9 atom stereocenters. The van der Waals surface area contributed by atoms with Crippen molar-refractivity contribution in [3.8, 4) is 0 Å². The minimum atomic E-state index is -5.23. The molecule has 0 radical (unpaired) electrons. The van der Waals surface area contributed by atoms with E-state index in [0.717, 1.165) is 0 Å². The molecular formula is C12H22O14S. The van der Waals surface area contributed by atoms with Gasteiger partial charge < -0.3 is 50.0 Å². The molecular weight excluding hydrogens is 400 g/mol. The van der Waals surface area contributed by atoms with Crippen LogP contribution in [-0.2, 0) is 28.9 Å². The van der Waals surface area contributed by atoms with E-state index < -0.39 is 78.7 Å². The lowest BCUT2D eigenvalue weighted by Crippen LogP contribution is -2.61. The molecule has 0 saturated carbocycles. The predicted molar refractivity (Wildman–Crippen MR) is 80.2 cm³/mol. The quantitative estimate of drug-likeness (QED) is 0.121. The summed E-state index contributed by atoms with van der Waals surface area (Å²) in [5.74, 6) is 0. The Bertz CT molecular complexity index is 566. The van der Waals surface area contributed by atoms with E-state index in [4.69, 9.17) is 24.2 Å². The maximum atomic E-state index is 11.1. The van der Waals surface area contributed by atoms with Crippen LogP contribution >= 0.6 is 0 Å². The van der Waals surface area contributed by atoms with Gasteiger partial charge in [-0.25, -0.2) is 4.18 Å². The highest BCUT2D eigenvalue weighted by atomic mass is 32.3. The minimum Gasteiger partial charge on any atom is -0.394 e. The maximum Gasteiger partial charge on any atom is 0.398 e. The Kier molecular flexibility index (Phi) is 9.06. The summed E-state index contributed by atoms with van der Waals surface area (Å²) in [6.45, 7) is -1.90. The fraction of sp³-hybridized carbons (Fsp3) is 0.917. The Morgan fingerprint density at radius 2 is 1.67 bits per heavy atom. The van der Waals surface area contributed by atoms with Gasteiger partial charge in [-0.2, -0.15) is 8.42 Å². The molecule has 8 N–H and O–H groups in total. The van der Waals surface area contributed by atoms with Gasteiger partial charge in [-0.1, -0.05) is 0 Å². The molecule has 0 aromatic carbocycles. The topological polar surface area (TPSA) is 241 Å². The molecule has 0 spiro atoms. The zero-order chi connectivity index (χ0) is 20.9. The molecule has 160 valence electrons. The summed E-state index contributed by atoms with van der Waals surface area (Å²) in [6.07, 6.45) is -17.9. The van der Waals surface area contributed by atoms with Gasteiger partial charge in [0.1, 0.15) is 42.7 Å². The van der Waals surface area contributed by atoms with Crippen molar-refractivity contribution in [1.29, 1.82) is 0 Å². The maximum absolute atomic E-state index is 11.1. The van der Waals surface area contributed by atoms with Gasteiger partial charge in [-0.15, -0.1) is 0 Å². The third-order valence-corrected chi connectivity index (χ3v) is 4.21. The third-order valence-electron chi connectivity index (χ3n) is 3.75. The first-order chi connectivity index (χ1) is 12.5. The van der Waals surface area contributed by atoms with Crippen molar-refractivity contribution in [3.63, 3.8) is 0 Å². The number of carbonyl (C=O) groups excluding carboxylic acids is 1. The molecule has 15 heteroatoms. The zero-order valence-electron chi connectivity index (χ0n) is 13.6. The number of hydrogen-bond acceptors (Lipinski definition) is 13. The first kappa shape index (κ1) is 24.2. The molecule has 1 aliphatic heterocycles. The minimum absolute atomic E-state index is 0.226. The van der Waals surface area contributed by atoms with Crippen LogP contribution in [0.4, 0.5) is 0 Å². The molecule has 1 fully saturated rings. The first-order valence-corrected chi connectivity index (χ1v) is 8.87.